The Morgan fingerprint density at radius 2 is 1.78 bits per heavy atom. The molecule has 0 bridgehead atoms. The summed E-state index contributed by atoms with van der Waals surface area (Å²) in [4.78, 5) is 32.1. The minimum atomic E-state index is -4.93. The van der Waals surface area contributed by atoms with Gasteiger partial charge in [0.05, 0.1) is 12.1 Å². The molecular weight excluding hydrogens is 489 g/mol. The highest BCUT2D eigenvalue weighted by Crippen LogP contribution is 2.42. The molecule has 36 heavy (non-hydrogen) atoms. The number of carbonyl (C=O) groups excluding carboxylic acids is 2. The number of carbonyl (C=O) groups is 2. The van der Waals surface area contributed by atoms with Gasteiger partial charge in [0.15, 0.2) is 5.54 Å². The fourth-order valence-electron chi connectivity index (χ4n) is 4.20. The Morgan fingerprint density at radius 3 is 2.33 bits per heavy atom. The van der Waals surface area contributed by atoms with E-state index in [1.54, 1.807) is 0 Å². The molecule has 1 aromatic carbocycles. The van der Waals surface area contributed by atoms with Gasteiger partial charge in [-0.1, -0.05) is 0 Å². The van der Waals surface area contributed by atoms with Crippen LogP contribution in [-0.2, 0) is 19.9 Å². The monoisotopic (exact) mass is 513 g/mol. The Labute approximate surface area is 203 Å². The van der Waals surface area contributed by atoms with Crippen LogP contribution >= 0.6 is 0 Å². The van der Waals surface area contributed by atoms with Gasteiger partial charge in [0.1, 0.15) is 17.7 Å². The Kier molecular flexibility index (Phi) is 7.17. The van der Waals surface area contributed by atoms with Crippen molar-refractivity contribution >= 4 is 17.5 Å². The Hall–Kier alpha value is -3.28. The minimum absolute atomic E-state index is 0.00233. The highest BCUT2D eigenvalue weighted by atomic mass is 19.4. The first kappa shape index (κ1) is 25.8. The highest BCUT2D eigenvalue weighted by molar-refractivity contribution is 6.06. The molecule has 2 fully saturated rings. The molecule has 7 nitrogen and oxygen atoms in total. The van der Waals surface area contributed by atoms with Gasteiger partial charge >= 0.3 is 6.36 Å². The van der Waals surface area contributed by atoms with Crippen molar-refractivity contribution in [3.63, 3.8) is 0 Å². The number of alkyl halides is 4. The van der Waals surface area contributed by atoms with Gasteiger partial charge in [-0.2, -0.15) is 0 Å². The van der Waals surface area contributed by atoms with Crippen LogP contribution in [-0.4, -0.2) is 48.6 Å². The summed E-state index contributed by atoms with van der Waals surface area (Å²) in [6.07, 6.45) is -3.27. The van der Waals surface area contributed by atoms with Crippen molar-refractivity contribution in [1.82, 2.24) is 10.3 Å². The van der Waals surface area contributed by atoms with E-state index in [2.05, 4.69) is 15.0 Å². The first-order valence-corrected chi connectivity index (χ1v) is 11.3. The van der Waals surface area contributed by atoms with Gasteiger partial charge in [-0.3, -0.25) is 19.5 Å². The van der Waals surface area contributed by atoms with Gasteiger partial charge in [0.25, 0.3) is 5.91 Å². The average Bonchev–Trinajstić information content (AvgIpc) is 3.56. The molecule has 0 spiro atoms. The zero-order valence-electron chi connectivity index (χ0n) is 19.2. The molecule has 2 amide bonds. The van der Waals surface area contributed by atoms with Gasteiger partial charge in [0.2, 0.25) is 5.91 Å². The molecule has 1 unspecified atom stereocenters. The van der Waals surface area contributed by atoms with Crippen molar-refractivity contribution in [3.05, 3.63) is 54.1 Å². The molecule has 194 valence electrons. The Balaban J connectivity index is 1.78. The number of rotatable bonds is 7. The summed E-state index contributed by atoms with van der Waals surface area (Å²) in [7, 11) is 0. The molecule has 1 saturated heterocycles. The van der Waals surface area contributed by atoms with E-state index in [4.69, 9.17) is 4.74 Å². The molecule has 4 rings (SSSR count). The van der Waals surface area contributed by atoms with Gasteiger partial charge in [-0.05, 0) is 56.5 Å². The van der Waals surface area contributed by atoms with Crippen molar-refractivity contribution in [2.45, 2.75) is 50.3 Å². The number of benzene rings is 1. The number of pyridine rings is 1. The lowest BCUT2D eigenvalue weighted by molar-refractivity contribution is -0.274. The molecule has 1 aliphatic carbocycles. The second-order valence-electron chi connectivity index (χ2n) is 8.90. The largest absolute Gasteiger partial charge is 0.573 e. The van der Waals surface area contributed by atoms with E-state index >= 15 is 0 Å². The summed E-state index contributed by atoms with van der Waals surface area (Å²) in [6.45, 7) is 2.20. The second-order valence-corrected chi connectivity index (χ2v) is 8.90. The van der Waals surface area contributed by atoms with Crippen molar-refractivity contribution in [1.29, 1.82) is 0 Å². The molecular formula is C24H24F5N3O4. The van der Waals surface area contributed by atoms with E-state index in [1.165, 1.54) is 13.1 Å². The molecule has 12 heteroatoms. The first-order valence-electron chi connectivity index (χ1n) is 11.3. The normalized spacial score (nSPS) is 21.8. The first-order chi connectivity index (χ1) is 17.0. The van der Waals surface area contributed by atoms with Crippen LogP contribution in [0.3, 0.4) is 0 Å². The number of aromatic nitrogens is 1. The fraction of sp³-hybridized carbons (Fsp3) is 0.458. The van der Waals surface area contributed by atoms with Crippen molar-refractivity contribution in [3.8, 4) is 5.75 Å². The number of hydrogen-bond donors (Lipinski definition) is 1. The number of nitrogens with one attached hydrogen (secondary N) is 1. The average molecular weight is 513 g/mol. The lowest BCUT2D eigenvalue weighted by atomic mass is 9.88. The van der Waals surface area contributed by atoms with Crippen LogP contribution in [0.15, 0.2) is 42.7 Å². The summed E-state index contributed by atoms with van der Waals surface area (Å²) in [6, 6.07) is 5.01. The van der Waals surface area contributed by atoms with Crippen LogP contribution < -0.4 is 15.0 Å². The quantitative estimate of drug-likeness (QED) is 0.566. The Morgan fingerprint density at radius 1 is 1.14 bits per heavy atom. The summed E-state index contributed by atoms with van der Waals surface area (Å²) >= 11 is 0. The van der Waals surface area contributed by atoms with Gasteiger partial charge in [0, 0.05) is 36.7 Å². The van der Waals surface area contributed by atoms with Crippen molar-refractivity contribution < 1.29 is 41.0 Å². The van der Waals surface area contributed by atoms with E-state index in [0.29, 0.717) is 26.1 Å². The summed E-state index contributed by atoms with van der Waals surface area (Å²) in [5.74, 6) is -3.81. The topological polar surface area (TPSA) is 80.8 Å². The molecule has 1 saturated carbocycles. The smallest absolute Gasteiger partial charge is 0.406 e. The second kappa shape index (κ2) is 10.00. The molecule has 1 N–H and O–H groups in total. The van der Waals surface area contributed by atoms with Crippen LogP contribution in [0.5, 0.6) is 5.75 Å². The van der Waals surface area contributed by atoms with E-state index < -0.39 is 47.4 Å². The van der Waals surface area contributed by atoms with Gasteiger partial charge in [-0.25, -0.2) is 8.78 Å². The molecule has 1 aromatic heterocycles. The number of anilines is 1. The van der Waals surface area contributed by atoms with Crippen LogP contribution in [0.1, 0.15) is 31.7 Å². The zero-order valence-corrected chi connectivity index (χ0v) is 19.2. The maximum Gasteiger partial charge on any atom is 0.573 e. The number of hydrogen-bond acceptors (Lipinski definition) is 5. The summed E-state index contributed by atoms with van der Waals surface area (Å²) in [5.41, 5.74) is -1.91. The van der Waals surface area contributed by atoms with Crippen LogP contribution in [0.25, 0.3) is 0 Å². The van der Waals surface area contributed by atoms with E-state index in [9.17, 15) is 31.5 Å². The van der Waals surface area contributed by atoms with E-state index in [1.807, 2.05) is 0 Å². The fourth-order valence-corrected chi connectivity index (χ4v) is 4.20. The van der Waals surface area contributed by atoms with Crippen molar-refractivity contribution in [2.75, 3.05) is 18.1 Å². The third-order valence-electron chi connectivity index (χ3n) is 6.29. The molecule has 0 radical (unpaired) electrons. The van der Waals surface area contributed by atoms with E-state index in [-0.39, 0.29) is 23.7 Å². The minimum Gasteiger partial charge on any atom is -0.406 e. The third-order valence-corrected chi connectivity index (χ3v) is 6.29. The Bertz CT molecular complexity index is 1110. The highest BCUT2D eigenvalue weighted by Gasteiger charge is 2.53. The predicted molar refractivity (Wildman–Crippen MR) is 117 cm³/mol. The molecule has 2 heterocycles. The van der Waals surface area contributed by atoms with Gasteiger partial charge in [-0.15, -0.1) is 13.2 Å². The molecule has 1 aliphatic heterocycles. The number of amides is 2. The SMILES string of the molecule is CC(C(=O)NC1CCOCC1)(c1cncc(F)c1)N(C(=O)[C@H]1C[C@H]1F)c1ccc(OC(F)(F)F)cc1. The van der Waals surface area contributed by atoms with Crippen molar-refractivity contribution in [2.24, 2.45) is 5.92 Å². The number of nitrogens with zero attached hydrogens (tertiary/aromatic N) is 2. The lowest BCUT2D eigenvalue weighted by Gasteiger charge is -2.41. The number of halogens is 5. The van der Waals surface area contributed by atoms with Crippen LogP contribution in [0.2, 0.25) is 0 Å². The van der Waals surface area contributed by atoms with E-state index in [0.717, 1.165) is 41.4 Å². The molecule has 3 atom stereocenters. The van der Waals surface area contributed by atoms with Crippen LogP contribution in [0, 0.1) is 11.7 Å². The number of ether oxygens (including phenoxy) is 2. The summed E-state index contributed by atoms with van der Waals surface area (Å²) in [5, 5.41) is 2.87. The van der Waals surface area contributed by atoms with Gasteiger partial charge < -0.3 is 14.8 Å². The lowest BCUT2D eigenvalue weighted by Crippen LogP contribution is -2.59. The molecule has 2 aliphatic rings. The zero-order chi connectivity index (χ0) is 26.1. The predicted octanol–water partition coefficient (Wildman–Crippen LogP) is 4.02. The third kappa shape index (κ3) is 5.58. The van der Waals surface area contributed by atoms with Crippen LogP contribution in [0.4, 0.5) is 27.6 Å². The molecule has 2 aromatic rings. The maximum absolute atomic E-state index is 14.2. The maximum atomic E-state index is 14.2. The summed E-state index contributed by atoms with van der Waals surface area (Å²) < 4.78 is 75.3. The standard InChI is InChI=1S/C24H24F5N3O4/c1-23(14-10-15(25)13-30-12-14,22(34)31-16-6-8-35-9-7-16)32(21(33)19-11-20(19)26)17-2-4-18(5-3-17)36-24(27,28)29/h2-5,10,12-13,16,19-20H,6-9,11H2,1H3,(H,31,34)/t19-,20+,23?/m0/s1.